The largest absolute Gasteiger partial charge is 0.492 e. The number of aliphatic hydroxyl groups is 1. The fraction of sp³-hybridized carbons (Fsp3) is 0.533. The number of fused-ring (bicyclic) bond motifs is 1. The Kier molecular flexibility index (Phi) is 4.49. The molecule has 2 rings (SSSR count). The molecule has 0 aliphatic heterocycles. The first-order chi connectivity index (χ1) is 10.1. The van der Waals surface area contributed by atoms with Crippen LogP contribution in [0.5, 0.6) is 5.75 Å². The standard InChI is InChI=1S/C15H22N2O4S/c1-11(18)5-8-21-12-9-14-16-6-7-17(14)10-13(12)22(19,20)15(2,3)4/h6-7,9-11,18H,5,8H2,1-4H3. The van der Waals surface area contributed by atoms with Crippen LogP contribution in [0.3, 0.4) is 0 Å². The summed E-state index contributed by atoms with van der Waals surface area (Å²) in [6, 6.07) is 1.61. The zero-order valence-electron chi connectivity index (χ0n) is 13.3. The molecule has 0 radical (unpaired) electrons. The van der Waals surface area contributed by atoms with Crippen LogP contribution in [-0.2, 0) is 9.84 Å². The summed E-state index contributed by atoms with van der Waals surface area (Å²) in [7, 11) is -3.56. The maximum atomic E-state index is 12.8. The number of pyridine rings is 1. The van der Waals surface area contributed by atoms with E-state index in [4.69, 9.17) is 4.74 Å². The van der Waals surface area contributed by atoms with Crippen molar-refractivity contribution < 1.29 is 18.3 Å². The zero-order chi connectivity index (χ0) is 16.5. The molecule has 0 amide bonds. The molecular weight excluding hydrogens is 304 g/mol. The van der Waals surface area contributed by atoms with Gasteiger partial charge in [-0.05, 0) is 27.7 Å². The third-order valence-electron chi connectivity index (χ3n) is 3.35. The van der Waals surface area contributed by atoms with Gasteiger partial charge in [0.25, 0.3) is 0 Å². The van der Waals surface area contributed by atoms with E-state index >= 15 is 0 Å². The van der Waals surface area contributed by atoms with E-state index in [9.17, 15) is 13.5 Å². The molecule has 0 bridgehead atoms. The fourth-order valence-electron chi connectivity index (χ4n) is 1.91. The number of nitrogens with zero attached hydrogens (tertiary/aromatic N) is 2. The number of imidazole rings is 1. The second-order valence-corrected chi connectivity index (χ2v) is 8.97. The van der Waals surface area contributed by atoms with Gasteiger partial charge < -0.3 is 14.2 Å². The maximum absolute atomic E-state index is 12.8. The van der Waals surface area contributed by atoms with Gasteiger partial charge in [-0.3, -0.25) is 0 Å². The molecule has 6 nitrogen and oxygen atoms in total. The van der Waals surface area contributed by atoms with Crippen LogP contribution in [-0.4, -0.2) is 40.4 Å². The van der Waals surface area contributed by atoms with E-state index in [1.165, 1.54) is 6.20 Å². The van der Waals surface area contributed by atoms with Crippen molar-refractivity contribution in [1.29, 1.82) is 0 Å². The van der Waals surface area contributed by atoms with E-state index in [2.05, 4.69) is 4.98 Å². The van der Waals surface area contributed by atoms with E-state index in [1.54, 1.807) is 50.6 Å². The first kappa shape index (κ1) is 16.8. The Labute approximate surface area is 130 Å². The SMILES string of the molecule is CC(O)CCOc1cc2nccn2cc1S(=O)(=O)C(C)(C)C. The van der Waals surface area contributed by atoms with Gasteiger partial charge in [0.15, 0.2) is 9.84 Å². The number of aromatic nitrogens is 2. The predicted molar refractivity (Wildman–Crippen MR) is 83.9 cm³/mol. The van der Waals surface area contributed by atoms with Crippen molar-refractivity contribution in [3.8, 4) is 5.75 Å². The highest BCUT2D eigenvalue weighted by atomic mass is 32.2. The van der Waals surface area contributed by atoms with Crippen LogP contribution in [0.2, 0.25) is 0 Å². The van der Waals surface area contributed by atoms with Gasteiger partial charge in [-0.2, -0.15) is 0 Å². The van der Waals surface area contributed by atoms with Crippen molar-refractivity contribution in [2.24, 2.45) is 0 Å². The summed E-state index contributed by atoms with van der Waals surface area (Å²) >= 11 is 0. The van der Waals surface area contributed by atoms with Crippen LogP contribution < -0.4 is 4.74 Å². The Morgan fingerprint density at radius 2 is 2.09 bits per heavy atom. The smallest absolute Gasteiger partial charge is 0.188 e. The molecule has 0 saturated heterocycles. The second kappa shape index (κ2) is 5.89. The molecule has 0 spiro atoms. The van der Waals surface area contributed by atoms with Crippen LogP contribution in [0.15, 0.2) is 29.6 Å². The lowest BCUT2D eigenvalue weighted by Gasteiger charge is -2.21. The molecule has 7 heteroatoms. The topological polar surface area (TPSA) is 80.9 Å². The Bertz CT molecular complexity index is 757. The first-order valence-corrected chi connectivity index (χ1v) is 8.63. The lowest BCUT2D eigenvalue weighted by Crippen LogP contribution is -2.28. The van der Waals surface area contributed by atoms with E-state index < -0.39 is 20.7 Å². The minimum atomic E-state index is -3.56. The van der Waals surface area contributed by atoms with Gasteiger partial charge in [-0.1, -0.05) is 0 Å². The Morgan fingerprint density at radius 1 is 1.41 bits per heavy atom. The van der Waals surface area contributed by atoms with E-state index in [-0.39, 0.29) is 17.3 Å². The molecule has 0 aliphatic rings. The Hall–Kier alpha value is -1.60. The molecule has 1 unspecified atom stereocenters. The average Bonchev–Trinajstić information content (AvgIpc) is 2.83. The van der Waals surface area contributed by atoms with E-state index in [0.29, 0.717) is 12.1 Å². The molecule has 2 aromatic heterocycles. The average molecular weight is 326 g/mol. The van der Waals surface area contributed by atoms with Crippen molar-refractivity contribution in [3.05, 3.63) is 24.7 Å². The number of rotatable bonds is 5. The van der Waals surface area contributed by atoms with Gasteiger partial charge in [0.05, 0.1) is 17.5 Å². The summed E-state index contributed by atoms with van der Waals surface area (Å²) in [4.78, 5) is 4.28. The van der Waals surface area contributed by atoms with E-state index in [1.807, 2.05) is 0 Å². The van der Waals surface area contributed by atoms with Crippen molar-refractivity contribution >= 4 is 15.5 Å². The minimum absolute atomic E-state index is 0.135. The van der Waals surface area contributed by atoms with E-state index in [0.717, 1.165) is 0 Å². The number of aliphatic hydroxyl groups excluding tert-OH is 1. The van der Waals surface area contributed by atoms with Gasteiger partial charge >= 0.3 is 0 Å². The summed E-state index contributed by atoms with van der Waals surface area (Å²) in [6.45, 7) is 6.86. The molecular formula is C15H22N2O4S. The molecule has 0 saturated carbocycles. The lowest BCUT2D eigenvalue weighted by molar-refractivity contribution is 0.154. The van der Waals surface area contributed by atoms with Gasteiger partial charge in [0.2, 0.25) is 0 Å². The summed E-state index contributed by atoms with van der Waals surface area (Å²) < 4.78 is 31.9. The molecule has 2 heterocycles. The summed E-state index contributed by atoms with van der Waals surface area (Å²) in [5.74, 6) is 0.272. The van der Waals surface area contributed by atoms with Crippen molar-refractivity contribution in [1.82, 2.24) is 9.38 Å². The monoisotopic (exact) mass is 326 g/mol. The van der Waals surface area contributed by atoms with Crippen LogP contribution in [0.25, 0.3) is 5.65 Å². The lowest BCUT2D eigenvalue weighted by atomic mass is 10.3. The van der Waals surface area contributed by atoms with Gasteiger partial charge in [0, 0.05) is 31.1 Å². The van der Waals surface area contributed by atoms with Gasteiger partial charge in [-0.25, -0.2) is 13.4 Å². The quantitative estimate of drug-likeness (QED) is 0.909. The molecule has 1 N–H and O–H groups in total. The second-order valence-electron chi connectivity index (χ2n) is 6.30. The maximum Gasteiger partial charge on any atom is 0.188 e. The number of hydrogen-bond acceptors (Lipinski definition) is 5. The number of ether oxygens (including phenoxy) is 1. The van der Waals surface area contributed by atoms with Crippen LogP contribution >= 0.6 is 0 Å². The number of sulfone groups is 1. The van der Waals surface area contributed by atoms with Gasteiger partial charge in [-0.15, -0.1) is 0 Å². The van der Waals surface area contributed by atoms with Crippen molar-refractivity contribution in [3.63, 3.8) is 0 Å². The minimum Gasteiger partial charge on any atom is -0.492 e. The summed E-state index contributed by atoms with van der Waals surface area (Å²) in [6.07, 6.45) is 4.74. The molecule has 1 atom stereocenters. The molecule has 0 fully saturated rings. The zero-order valence-corrected chi connectivity index (χ0v) is 14.1. The number of hydrogen-bond donors (Lipinski definition) is 1. The third kappa shape index (κ3) is 3.25. The molecule has 2 aromatic rings. The van der Waals surface area contributed by atoms with Gasteiger partial charge in [0.1, 0.15) is 16.3 Å². The third-order valence-corrected chi connectivity index (χ3v) is 5.84. The summed E-state index contributed by atoms with van der Waals surface area (Å²) in [5, 5.41) is 9.31. The molecule has 122 valence electrons. The molecule has 0 aliphatic carbocycles. The highest BCUT2D eigenvalue weighted by Gasteiger charge is 2.34. The summed E-state index contributed by atoms with van der Waals surface area (Å²) in [5.41, 5.74) is 0.611. The first-order valence-electron chi connectivity index (χ1n) is 7.15. The predicted octanol–water partition coefficient (Wildman–Crippen LogP) is 2.06. The molecule has 22 heavy (non-hydrogen) atoms. The highest BCUT2D eigenvalue weighted by molar-refractivity contribution is 7.92. The van der Waals surface area contributed by atoms with Crippen LogP contribution in [0.4, 0.5) is 0 Å². The van der Waals surface area contributed by atoms with Crippen LogP contribution in [0.1, 0.15) is 34.1 Å². The van der Waals surface area contributed by atoms with Crippen molar-refractivity contribution in [2.75, 3.05) is 6.61 Å². The van der Waals surface area contributed by atoms with Crippen molar-refractivity contribution in [2.45, 2.75) is 49.9 Å². The highest BCUT2D eigenvalue weighted by Crippen LogP contribution is 2.32. The van der Waals surface area contributed by atoms with Crippen LogP contribution in [0, 0.1) is 0 Å². The Balaban J connectivity index is 2.50. The fourth-order valence-corrected chi connectivity index (χ4v) is 3.20. The normalized spacial score (nSPS) is 14.2. The molecule has 0 aromatic carbocycles. The Morgan fingerprint density at radius 3 is 2.68 bits per heavy atom.